The number of likely N-dealkylation sites (tertiary alicyclic amines) is 1. The molecule has 21 heavy (non-hydrogen) atoms. The lowest BCUT2D eigenvalue weighted by Gasteiger charge is -2.21. The van der Waals surface area contributed by atoms with Gasteiger partial charge in [-0.25, -0.2) is 0 Å². The Balaban J connectivity index is 1.96. The van der Waals surface area contributed by atoms with E-state index in [1.165, 1.54) is 17.4 Å². The average Bonchev–Trinajstić information content (AvgIpc) is 2.65. The second-order valence-electron chi connectivity index (χ2n) is 6.43. The molecule has 0 unspecified atom stereocenters. The largest absolute Gasteiger partial charge is 0.358 e. The van der Waals surface area contributed by atoms with Crippen LogP contribution in [-0.2, 0) is 0 Å². The highest BCUT2D eigenvalue weighted by Gasteiger charge is 2.22. The highest BCUT2D eigenvalue weighted by molar-refractivity contribution is 6.06. The Morgan fingerprint density at radius 3 is 2.86 bits per heavy atom. The number of aromatic amines is 1. The van der Waals surface area contributed by atoms with E-state index in [9.17, 15) is 4.79 Å². The van der Waals surface area contributed by atoms with Crippen LogP contribution in [0.3, 0.4) is 0 Å². The summed E-state index contributed by atoms with van der Waals surface area (Å²) in [5.41, 5.74) is 4.20. The second kappa shape index (κ2) is 5.55. The predicted molar refractivity (Wildman–Crippen MR) is 86.7 cm³/mol. The van der Waals surface area contributed by atoms with Gasteiger partial charge in [0.05, 0.1) is 11.1 Å². The maximum absolute atomic E-state index is 12.9. The third-order valence-corrected chi connectivity index (χ3v) is 4.88. The van der Waals surface area contributed by atoms with E-state index in [-0.39, 0.29) is 5.91 Å². The van der Waals surface area contributed by atoms with E-state index >= 15 is 0 Å². The number of benzene rings is 1. The minimum Gasteiger partial charge on any atom is -0.358 e. The lowest BCUT2D eigenvalue weighted by atomic mass is 10.0. The van der Waals surface area contributed by atoms with Gasteiger partial charge in [-0.1, -0.05) is 19.1 Å². The molecule has 1 atom stereocenters. The molecule has 1 saturated heterocycles. The van der Waals surface area contributed by atoms with E-state index < -0.39 is 0 Å². The number of H-pyrrole nitrogens is 1. The van der Waals surface area contributed by atoms with E-state index in [1.54, 1.807) is 0 Å². The van der Waals surface area contributed by atoms with Gasteiger partial charge in [0, 0.05) is 24.2 Å². The quantitative estimate of drug-likeness (QED) is 0.842. The number of carbonyl (C=O) groups excluding carboxylic acids is 1. The summed E-state index contributed by atoms with van der Waals surface area (Å²) in [6, 6.07) is 6.04. The number of para-hydroxylation sites is 1. The number of aryl methyl sites for hydroxylation is 2. The van der Waals surface area contributed by atoms with Crippen molar-refractivity contribution in [3.05, 3.63) is 35.0 Å². The number of carbonyl (C=O) groups is 1. The van der Waals surface area contributed by atoms with Gasteiger partial charge < -0.3 is 9.88 Å². The molecule has 1 aliphatic heterocycles. The highest BCUT2D eigenvalue weighted by Crippen LogP contribution is 2.26. The number of amides is 1. The highest BCUT2D eigenvalue weighted by atomic mass is 16.2. The van der Waals surface area contributed by atoms with Crippen molar-refractivity contribution in [2.45, 2.75) is 40.0 Å². The van der Waals surface area contributed by atoms with Crippen molar-refractivity contribution in [2.75, 3.05) is 13.1 Å². The lowest BCUT2D eigenvalue weighted by molar-refractivity contribution is 0.0762. The molecule has 1 fully saturated rings. The van der Waals surface area contributed by atoms with Crippen LogP contribution in [0.25, 0.3) is 10.9 Å². The van der Waals surface area contributed by atoms with Crippen molar-refractivity contribution in [3.63, 3.8) is 0 Å². The van der Waals surface area contributed by atoms with Crippen LogP contribution in [0.15, 0.2) is 18.2 Å². The molecule has 112 valence electrons. The molecule has 1 aromatic carbocycles. The molecule has 3 nitrogen and oxygen atoms in total. The molecule has 2 heterocycles. The van der Waals surface area contributed by atoms with E-state index in [1.807, 2.05) is 17.0 Å². The summed E-state index contributed by atoms with van der Waals surface area (Å²) < 4.78 is 0. The molecule has 3 heteroatoms. The van der Waals surface area contributed by atoms with Gasteiger partial charge in [-0.2, -0.15) is 0 Å². The third kappa shape index (κ3) is 2.57. The predicted octanol–water partition coefficient (Wildman–Crippen LogP) is 4.05. The van der Waals surface area contributed by atoms with E-state index in [0.717, 1.165) is 48.6 Å². The van der Waals surface area contributed by atoms with Crippen LogP contribution in [0, 0.1) is 19.8 Å². The van der Waals surface area contributed by atoms with Crippen LogP contribution in [-0.4, -0.2) is 28.9 Å². The number of aromatic nitrogens is 1. The standard InChI is InChI=1S/C18H24N2O/c1-12-6-5-10-20(11-9-12)18(21)16-8-4-7-15-13(2)14(3)19-17(15)16/h4,7-8,12,19H,5-6,9-11H2,1-3H3/t12-/m1/s1. The molecule has 0 aliphatic carbocycles. The fourth-order valence-corrected chi connectivity index (χ4v) is 3.30. The normalized spacial score (nSPS) is 19.8. The maximum Gasteiger partial charge on any atom is 0.255 e. The molecule has 0 saturated carbocycles. The molecular weight excluding hydrogens is 260 g/mol. The van der Waals surface area contributed by atoms with Crippen molar-refractivity contribution < 1.29 is 4.79 Å². The molecule has 0 bridgehead atoms. The number of fused-ring (bicyclic) bond motifs is 1. The third-order valence-electron chi connectivity index (χ3n) is 4.88. The molecule has 0 radical (unpaired) electrons. The first-order valence-electron chi connectivity index (χ1n) is 7.95. The number of hydrogen-bond acceptors (Lipinski definition) is 1. The number of hydrogen-bond donors (Lipinski definition) is 1. The van der Waals surface area contributed by atoms with E-state index in [2.05, 4.69) is 31.8 Å². The summed E-state index contributed by atoms with van der Waals surface area (Å²) in [5.74, 6) is 0.907. The summed E-state index contributed by atoms with van der Waals surface area (Å²) in [4.78, 5) is 18.3. The topological polar surface area (TPSA) is 36.1 Å². The summed E-state index contributed by atoms with van der Waals surface area (Å²) in [7, 11) is 0. The molecular formula is C18H24N2O. The monoisotopic (exact) mass is 284 g/mol. The van der Waals surface area contributed by atoms with Crippen molar-refractivity contribution in [2.24, 2.45) is 5.92 Å². The summed E-state index contributed by atoms with van der Waals surface area (Å²) >= 11 is 0. The molecule has 1 N–H and O–H groups in total. The van der Waals surface area contributed by atoms with Gasteiger partial charge in [-0.15, -0.1) is 0 Å². The fourth-order valence-electron chi connectivity index (χ4n) is 3.30. The van der Waals surface area contributed by atoms with Crippen LogP contribution in [0.4, 0.5) is 0 Å². The first-order chi connectivity index (χ1) is 10.1. The zero-order chi connectivity index (χ0) is 15.0. The Hall–Kier alpha value is -1.77. The first-order valence-corrected chi connectivity index (χ1v) is 7.95. The zero-order valence-corrected chi connectivity index (χ0v) is 13.2. The van der Waals surface area contributed by atoms with Gasteiger partial charge in [0.1, 0.15) is 0 Å². The van der Waals surface area contributed by atoms with Gasteiger partial charge in [0.2, 0.25) is 0 Å². The Bertz CT molecular complexity index is 671. The van der Waals surface area contributed by atoms with Gasteiger partial charge in [0.25, 0.3) is 5.91 Å². The van der Waals surface area contributed by atoms with Gasteiger partial charge in [-0.3, -0.25) is 4.79 Å². The molecule has 1 aliphatic rings. The smallest absolute Gasteiger partial charge is 0.255 e. The molecule has 3 rings (SSSR count). The molecule has 2 aromatic rings. The summed E-state index contributed by atoms with van der Waals surface area (Å²) in [5, 5.41) is 1.17. The van der Waals surface area contributed by atoms with E-state index in [0.29, 0.717) is 0 Å². The zero-order valence-electron chi connectivity index (χ0n) is 13.2. The van der Waals surface area contributed by atoms with E-state index in [4.69, 9.17) is 0 Å². The minimum absolute atomic E-state index is 0.177. The van der Waals surface area contributed by atoms with Gasteiger partial charge in [0.15, 0.2) is 0 Å². The Labute approximate surface area is 126 Å². The van der Waals surface area contributed by atoms with Crippen molar-refractivity contribution in [3.8, 4) is 0 Å². The Kier molecular flexibility index (Phi) is 3.75. The van der Waals surface area contributed by atoms with Crippen LogP contribution >= 0.6 is 0 Å². The average molecular weight is 284 g/mol. The summed E-state index contributed by atoms with van der Waals surface area (Å²) in [6.45, 7) is 8.23. The number of nitrogens with one attached hydrogen (secondary N) is 1. The molecule has 1 amide bonds. The second-order valence-corrected chi connectivity index (χ2v) is 6.43. The number of nitrogens with zero attached hydrogens (tertiary/aromatic N) is 1. The van der Waals surface area contributed by atoms with Gasteiger partial charge in [-0.05, 0) is 50.7 Å². The maximum atomic E-state index is 12.9. The SMILES string of the molecule is Cc1[nH]c2c(C(=O)N3CCC[C@@H](C)CC3)cccc2c1C. The van der Waals surface area contributed by atoms with Crippen LogP contribution in [0.1, 0.15) is 47.8 Å². The van der Waals surface area contributed by atoms with Gasteiger partial charge >= 0.3 is 0 Å². The number of rotatable bonds is 1. The van der Waals surface area contributed by atoms with Crippen molar-refractivity contribution in [1.82, 2.24) is 9.88 Å². The minimum atomic E-state index is 0.177. The molecule has 0 spiro atoms. The van der Waals surface area contributed by atoms with Crippen LogP contribution in [0.2, 0.25) is 0 Å². The summed E-state index contributed by atoms with van der Waals surface area (Å²) in [6.07, 6.45) is 3.46. The Morgan fingerprint density at radius 1 is 1.24 bits per heavy atom. The van der Waals surface area contributed by atoms with Crippen molar-refractivity contribution >= 4 is 16.8 Å². The van der Waals surface area contributed by atoms with Crippen molar-refractivity contribution in [1.29, 1.82) is 0 Å². The molecule has 1 aromatic heterocycles. The lowest BCUT2D eigenvalue weighted by Crippen LogP contribution is -2.32. The van der Waals surface area contributed by atoms with Crippen LogP contribution < -0.4 is 0 Å². The van der Waals surface area contributed by atoms with Crippen LogP contribution in [0.5, 0.6) is 0 Å². The Morgan fingerprint density at radius 2 is 2.05 bits per heavy atom. The first kappa shape index (κ1) is 14.2. The fraction of sp³-hybridized carbons (Fsp3) is 0.500.